The van der Waals surface area contributed by atoms with Gasteiger partial charge in [-0.05, 0) is 88.9 Å². The number of rotatable bonds is 1. The van der Waals surface area contributed by atoms with E-state index in [1.807, 2.05) is 13.8 Å². The predicted molar refractivity (Wildman–Crippen MR) is 117 cm³/mol. The van der Waals surface area contributed by atoms with Crippen molar-refractivity contribution in [1.82, 2.24) is 0 Å². The molecule has 0 spiro atoms. The second-order valence-corrected chi connectivity index (χ2v) is 12.6. The van der Waals surface area contributed by atoms with Crippen LogP contribution in [0.4, 0.5) is 0 Å². The molecule has 5 rings (SSSR count). The molecule has 0 N–H and O–H groups in total. The van der Waals surface area contributed by atoms with Crippen LogP contribution in [0.15, 0.2) is 11.6 Å². The molecule has 170 valence electrons. The van der Waals surface area contributed by atoms with Gasteiger partial charge in [-0.2, -0.15) is 0 Å². The first-order valence-electron chi connectivity index (χ1n) is 12.2. The van der Waals surface area contributed by atoms with Gasteiger partial charge in [-0.1, -0.05) is 32.4 Å². The van der Waals surface area contributed by atoms with E-state index >= 15 is 0 Å². The van der Waals surface area contributed by atoms with Crippen LogP contribution >= 0.6 is 0 Å². The highest BCUT2D eigenvalue weighted by atomic mass is 16.7. The molecule has 2 aliphatic heterocycles. The van der Waals surface area contributed by atoms with Gasteiger partial charge in [0.2, 0.25) is 0 Å². The monoisotopic (exact) mass is 418 g/mol. The van der Waals surface area contributed by atoms with Gasteiger partial charge in [0.1, 0.15) is 0 Å². The highest BCUT2D eigenvalue weighted by molar-refractivity contribution is 5.29. The van der Waals surface area contributed by atoms with Gasteiger partial charge in [0, 0.05) is 5.41 Å². The predicted octanol–water partition coefficient (Wildman–Crippen LogP) is 5.85. The SMILES string of the molecule is CC1(C)OC[C@@H]([C@@]2(C)CC[C@@]3(C)[C@@H](CC=C4[C@@H]3CC[C@@H]3OC(C)(C)OC[C@@]43C)C2)O1. The highest BCUT2D eigenvalue weighted by Gasteiger charge is 2.60. The molecule has 5 aliphatic rings. The summed E-state index contributed by atoms with van der Waals surface area (Å²) >= 11 is 0. The lowest BCUT2D eigenvalue weighted by molar-refractivity contribution is -0.316. The second-order valence-electron chi connectivity index (χ2n) is 12.6. The van der Waals surface area contributed by atoms with Crippen molar-refractivity contribution in [3.8, 4) is 0 Å². The largest absolute Gasteiger partial charge is 0.350 e. The molecule has 0 bridgehead atoms. The Morgan fingerprint density at radius 3 is 2.23 bits per heavy atom. The molecule has 0 radical (unpaired) electrons. The van der Waals surface area contributed by atoms with Crippen LogP contribution in [0.1, 0.15) is 87.0 Å². The highest BCUT2D eigenvalue weighted by Crippen LogP contribution is 2.65. The quantitative estimate of drug-likeness (QED) is 0.501. The summed E-state index contributed by atoms with van der Waals surface area (Å²) in [5.41, 5.74) is 2.25. The standard InChI is InChI=1S/C26H42O4/c1-22(2)27-15-21(30-22)24(5)12-13-25(6)17(14-24)8-9-19-18(25)10-11-20-26(19,7)16-28-23(3,4)29-20/h9,17-18,20-21H,8,10-16H2,1-7H3/t17-,18-,20-,21-,24-,25-,26-/m0/s1. The van der Waals surface area contributed by atoms with Crippen LogP contribution in [0.5, 0.6) is 0 Å². The van der Waals surface area contributed by atoms with Crippen LogP contribution in [0.2, 0.25) is 0 Å². The van der Waals surface area contributed by atoms with Crippen molar-refractivity contribution in [2.24, 2.45) is 28.1 Å². The van der Waals surface area contributed by atoms with Gasteiger partial charge in [-0.25, -0.2) is 0 Å². The van der Waals surface area contributed by atoms with Crippen LogP contribution in [0, 0.1) is 28.1 Å². The lowest BCUT2D eigenvalue weighted by Gasteiger charge is -2.62. The van der Waals surface area contributed by atoms with E-state index in [1.54, 1.807) is 5.57 Å². The maximum Gasteiger partial charge on any atom is 0.163 e. The molecule has 2 heterocycles. The van der Waals surface area contributed by atoms with Crippen LogP contribution in [-0.2, 0) is 18.9 Å². The van der Waals surface area contributed by atoms with Crippen LogP contribution in [-0.4, -0.2) is 37.0 Å². The second kappa shape index (κ2) is 6.56. The summed E-state index contributed by atoms with van der Waals surface area (Å²) in [6, 6.07) is 0. The van der Waals surface area contributed by atoms with Gasteiger partial charge >= 0.3 is 0 Å². The number of allylic oxidation sites excluding steroid dienone is 1. The summed E-state index contributed by atoms with van der Waals surface area (Å²) in [5.74, 6) is 0.491. The van der Waals surface area contributed by atoms with E-state index in [0.717, 1.165) is 25.6 Å². The zero-order valence-corrected chi connectivity index (χ0v) is 20.2. The lowest BCUT2D eigenvalue weighted by atomic mass is 9.46. The van der Waals surface area contributed by atoms with Crippen molar-refractivity contribution in [1.29, 1.82) is 0 Å². The summed E-state index contributed by atoms with van der Waals surface area (Å²) in [6.07, 6.45) is 10.4. The van der Waals surface area contributed by atoms with Gasteiger partial charge in [-0.3, -0.25) is 0 Å². The fourth-order valence-electron chi connectivity index (χ4n) is 7.56. The first-order valence-corrected chi connectivity index (χ1v) is 12.2. The average Bonchev–Trinajstić information content (AvgIpc) is 3.03. The third-order valence-corrected chi connectivity index (χ3v) is 9.69. The summed E-state index contributed by atoms with van der Waals surface area (Å²) < 4.78 is 24.9. The molecular formula is C26H42O4. The third-order valence-electron chi connectivity index (χ3n) is 9.69. The van der Waals surface area contributed by atoms with Crippen molar-refractivity contribution in [2.45, 2.75) is 111 Å². The smallest absolute Gasteiger partial charge is 0.163 e. The first-order chi connectivity index (χ1) is 13.9. The maximum absolute atomic E-state index is 6.43. The molecule has 4 fully saturated rings. The van der Waals surface area contributed by atoms with E-state index in [9.17, 15) is 0 Å². The van der Waals surface area contributed by atoms with Gasteiger partial charge in [0.05, 0.1) is 25.4 Å². The number of fused-ring (bicyclic) bond motifs is 5. The molecule has 0 unspecified atom stereocenters. The Kier molecular flexibility index (Phi) is 4.68. The Morgan fingerprint density at radius 1 is 0.833 bits per heavy atom. The van der Waals surface area contributed by atoms with Gasteiger partial charge in [-0.15, -0.1) is 0 Å². The number of ether oxygens (including phenoxy) is 4. The van der Waals surface area contributed by atoms with E-state index in [-0.39, 0.29) is 23.0 Å². The molecule has 0 aromatic carbocycles. The Hall–Kier alpha value is -0.420. The molecule has 7 atom stereocenters. The average molecular weight is 419 g/mol. The Balaban J connectivity index is 1.39. The van der Waals surface area contributed by atoms with Crippen LogP contribution < -0.4 is 0 Å². The number of hydrogen-bond acceptors (Lipinski definition) is 4. The molecular weight excluding hydrogens is 376 g/mol. The third kappa shape index (κ3) is 3.16. The van der Waals surface area contributed by atoms with Gasteiger partial charge in [0.15, 0.2) is 11.6 Å². The van der Waals surface area contributed by atoms with Crippen molar-refractivity contribution in [3.63, 3.8) is 0 Å². The minimum absolute atomic E-state index is 0.0274. The van der Waals surface area contributed by atoms with Crippen molar-refractivity contribution in [3.05, 3.63) is 11.6 Å². The Morgan fingerprint density at radius 2 is 1.53 bits per heavy atom. The molecule has 30 heavy (non-hydrogen) atoms. The van der Waals surface area contributed by atoms with Crippen molar-refractivity contribution in [2.75, 3.05) is 13.2 Å². The van der Waals surface area contributed by atoms with Crippen LogP contribution in [0.3, 0.4) is 0 Å². The van der Waals surface area contributed by atoms with E-state index in [4.69, 9.17) is 18.9 Å². The normalized spacial score (nSPS) is 52.0. The van der Waals surface area contributed by atoms with E-state index in [2.05, 4.69) is 40.7 Å². The molecule has 2 saturated heterocycles. The molecule has 3 aliphatic carbocycles. The lowest BCUT2D eigenvalue weighted by Crippen LogP contribution is -2.59. The number of hydrogen-bond donors (Lipinski definition) is 0. The van der Waals surface area contributed by atoms with Crippen LogP contribution in [0.25, 0.3) is 0 Å². The molecule has 0 aromatic rings. The fraction of sp³-hybridized carbons (Fsp3) is 0.923. The zero-order valence-electron chi connectivity index (χ0n) is 20.2. The minimum atomic E-state index is -0.456. The fourth-order valence-corrected chi connectivity index (χ4v) is 7.56. The maximum atomic E-state index is 6.43. The van der Waals surface area contributed by atoms with Crippen molar-refractivity contribution < 1.29 is 18.9 Å². The Bertz CT molecular complexity index is 741. The molecule has 4 heteroatoms. The Labute approximate surface area is 183 Å². The summed E-state index contributed by atoms with van der Waals surface area (Å²) in [4.78, 5) is 0. The first kappa shape index (κ1) is 21.4. The van der Waals surface area contributed by atoms with E-state index in [1.165, 1.54) is 32.1 Å². The zero-order chi connectivity index (χ0) is 21.6. The molecule has 0 amide bonds. The summed E-state index contributed by atoms with van der Waals surface area (Å²) in [7, 11) is 0. The summed E-state index contributed by atoms with van der Waals surface area (Å²) in [5, 5.41) is 0. The topological polar surface area (TPSA) is 36.9 Å². The molecule has 2 saturated carbocycles. The molecule has 0 aromatic heterocycles. The van der Waals surface area contributed by atoms with E-state index < -0.39 is 11.6 Å². The minimum Gasteiger partial charge on any atom is -0.350 e. The van der Waals surface area contributed by atoms with Gasteiger partial charge in [0.25, 0.3) is 0 Å². The van der Waals surface area contributed by atoms with Crippen molar-refractivity contribution >= 4 is 0 Å². The molecule has 4 nitrogen and oxygen atoms in total. The van der Waals surface area contributed by atoms with E-state index in [0.29, 0.717) is 11.3 Å². The van der Waals surface area contributed by atoms with Gasteiger partial charge < -0.3 is 18.9 Å². The summed E-state index contributed by atoms with van der Waals surface area (Å²) in [6.45, 7) is 17.2.